The predicted octanol–water partition coefficient (Wildman–Crippen LogP) is 1.62. The molecule has 2 heterocycles. The molecule has 2 saturated heterocycles. The standard InChI is InChI=1S/C17H21NO4S/c1-12-3-2-4-14(7-12)22-10-13(19)9-18-15(20)8-17(16(18)21)5-6-23-11-17/h2-4,7,13,19H,5-6,8-11H2,1H3/t13-,17-/m0/s1. The fourth-order valence-corrected chi connectivity index (χ4v) is 4.56. The summed E-state index contributed by atoms with van der Waals surface area (Å²) < 4.78 is 5.54. The van der Waals surface area contributed by atoms with Crippen LogP contribution in [0.1, 0.15) is 18.4 Å². The first-order chi connectivity index (χ1) is 11.0. The molecule has 0 bridgehead atoms. The number of β-amino-alcohol motifs (C(OH)–C–C–N with tert-alkyl or cyclic N) is 1. The number of thioether (sulfide) groups is 1. The summed E-state index contributed by atoms with van der Waals surface area (Å²) in [6.45, 7) is 2.03. The lowest BCUT2D eigenvalue weighted by Crippen LogP contribution is -2.41. The van der Waals surface area contributed by atoms with E-state index < -0.39 is 11.5 Å². The molecule has 1 aromatic rings. The third-order valence-corrected chi connectivity index (χ3v) is 5.67. The second-order valence-electron chi connectivity index (χ2n) is 6.35. The smallest absolute Gasteiger partial charge is 0.236 e. The molecule has 0 radical (unpaired) electrons. The van der Waals surface area contributed by atoms with Crippen LogP contribution in [0.2, 0.25) is 0 Å². The highest BCUT2D eigenvalue weighted by molar-refractivity contribution is 7.99. The number of ether oxygens (including phenoxy) is 1. The molecule has 23 heavy (non-hydrogen) atoms. The molecule has 0 saturated carbocycles. The Hall–Kier alpha value is -1.53. The highest BCUT2D eigenvalue weighted by atomic mass is 32.2. The molecular formula is C17H21NO4S. The summed E-state index contributed by atoms with van der Waals surface area (Å²) in [7, 11) is 0. The molecule has 6 heteroatoms. The average Bonchev–Trinajstić information content (AvgIpc) is 3.07. The molecule has 2 aliphatic heterocycles. The molecule has 3 rings (SSSR count). The van der Waals surface area contributed by atoms with Crippen LogP contribution in [0.4, 0.5) is 0 Å². The molecule has 1 spiro atoms. The second-order valence-corrected chi connectivity index (χ2v) is 7.46. The molecule has 124 valence electrons. The number of hydrogen-bond acceptors (Lipinski definition) is 5. The number of nitrogens with zero attached hydrogens (tertiary/aromatic N) is 1. The van der Waals surface area contributed by atoms with Crippen LogP contribution in [0.15, 0.2) is 24.3 Å². The zero-order valence-electron chi connectivity index (χ0n) is 13.2. The Balaban J connectivity index is 1.56. The number of aliphatic hydroxyl groups excluding tert-OH is 1. The topological polar surface area (TPSA) is 66.8 Å². The molecule has 2 fully saturated rings. The SMILES string of the molecule is Cc1cccc(OC[C@@H](O)CN2C(=O)C[C@]3(CCSC3)C2=O)c1. The average molecular weight is 335 g/mol. The van der Waals surface area contributed by atoms with E-state index in [2.05, 4.69) is 0 Å². The quantitative estimate of drug-likeness (QED) is 0.828. The molecule has 5 nitrogen and oxygen atoms in total. The van der Waals surface area contributed by atoms with E-state index in [4.69, 9.17) is 4.74 Å². The summed E-state index contributed by atoms with van der Waals surface area (Å²) in [4.78, 5) is 25.9. The van der Waals surface area contributed by atoms with Gasteiger partial charge in [0.05, 0.1) is 12.0 Å². The maximum atomic E-state index is 12.5. The van der Waals surface area contributed by atoms with Crippen molar-refractivity contribution in [2.24, 2.45) is 5.41 Å². The van der Waals surface area contributed by atoms with E-state index in [0.29, 0.717) is 11.5 Å². The van der Waals surface area contributed by atoms with Gasteiger partial charge in [-0.2, -0.15) is 11.8 Å². The number of rotatable bonds is 5. The maximum absolute atomic E-state index is 12.5. The van der Waals surface area contributed by atoms with Crippen molar-refractivity contribution in [3.8, 4) is 5.75 Å². The zero-order chi connectivity index (χ0) is 16.4. The first-order valence-corrected chi connectivity index (χ1v) is 8.96. The van der Waals surface area contributed by atoms with Crippen LogP contribution in [-0.2, 0) is 9.59 Å². The van der Waals surface area contributed by atoms with Crippen molar-refractivity contribution in [2.75, 3.05) is 24.7 Å². The van der Waals surface area contributed by atoms with Crippen LogP contribution >= 0.6 is 11.8 Å². The van der Waals surface area contributed by atoms with Gasteiger partial charge in [0.2, 0.25) is 11.8 Å². The normalized spacial score (nSPS) is 25.4. The molecule has 2 aliphatic rings. The van der Waals surface area contributed by atoms with Crippen molar-refractivity contribution >= 4 is 23.6 Å². The minimum Gasteiger partial charge on any atom is -0.491 e. The van der Waals surface area contributed by atoms with Crippen molar-refractivity contribution in [1.82, 2.24) is 4.90 Å². The fourth-order valence-electron chi connectivity index (χ4n) is 3.12. The minimum atomic E-state index is -0.882. The zero-order valence-corrected chi connectivity index (χ0v) is 14.0. The van der Waals surface area contributed by atoms with E-state index in [1.807, 2.05) is 31.2 Å². The van der Waals surface area contributed by atoms with E-state index in [9.17, 15) is 14.7 Å². The van der Waals surface area contributed by atoms with Crippen molar-refractivity contribution in [2.45, 2.75) is 25.9 Å². The Bertz CT molecular complexity index is 612. The van der Waals surface area contributed by atoms with Crippen LogP contribution in [0.3, 0.4) is 0 Å². The highest BCUT2D eigenvalue weighted by Crippen LogP contribution is 2.44. The maximum Gasteiger partial charge on any atom is 0.236 e. The number of imide groups is 1. The molecule has 1 N–H and O–H groups in total. The number of benzene rings is 1. The number of likely N-dealkylation sites (tertiary alicyclic amines) is 1. The number of hydrogen-bond donors (Lipinski definition) is 1. The van der Waals surface area contributed by atoms with E-state index in [1.54, 1.807) is 11.8 Å². The summed E-state index contributed by atoms with van der Waals surface area (Å²) >= 11 is 1.72. The third-order valence-electron chi connectivity index (χ3n) is 4.42. The summed E-state index contributed by atoms with van der Waals surface area (Å²) in [5.74, 6) is 2.01. The molecule has 2 atom stereocenters. The fraction of sp³-hybridized carbons (Fsp3) is 0.529. The van der Waals surface area contributed by atoms with Gasteiger partial charge in [-0.05, 0) is 36.8 Å². The summed E-state index contributed by atoms with van der Waals surface area (Å²) in [6.07, 6.45) is 0.159. The number of amides is 2. The van der Waals surface area contributed by atoms with Gasteiger partial charge in [0.1, 0.15) is 18.5 Å². The van der Waals surface area contributed by atoms with Crippen molar-refractivity contribution in [1.29, 1.82) is 0 Å². The van der Waals surface area contributed by atoms with E-state index >= 15 is 0 Å². The number of carbonyl (C=O) groups is 2. The summed E-state index contributed by atoms with van der Waals surface area (Å²) in [5, 5.41) is 10.1. The molecule has 0 aliphatic carbocycles. The predicted molar refractivity (Wildman–Crippen MR) is 88.4 cm³/mol. The molecular weight excluding hydrogens is 314 g/mol. The number of aryl methyl sites for hydroxylation is 1. The third kappa shape index (κ3) is 3.38. The number of carbonyl (C=O) groups excluding carboxylic acids is 2. The Kier molecular flexibility index (Phi) is 4.64. The molecule has 0 aromatic heterocycles. The first kappa shape index (κ1) is 16.3. The van der Waals surface area contributed by atoms with Crippen LogP contribution in [0.5, 0.6) is 5.75 Å². The highest BCUT2D eigenvalue weighted by Gasteiger charge is 2.53. The second kappa shape index (κ2) is 6.53. The van der Waals surface area contributed by atoms with Crippen LogP contribution in [0.25, 0.3) is 0 Å². The summed E-state index contributed by atoms with van der Waals surface area (Å²) in [5.41, 5.74) is 0.557. The Morgan fingerprint density at radius 1 is 1.43 bits per heavy atom. The van der Waals surface area contributed by atoms with Crippen LogP contribution in [0, 0.1) is 12.3 Å². The van der Waals surface area contributed by atoms with E-state index in [-0.39, 0.29) is 31.4 Å². The monoisotopic (exact) mass is 335 g/mol. The summed E-state index contributed by atoms with van der Waals surface area (Å²) in [6, 6.07) is 7.54. The molecule has 0 unspecified atom stereocenters. The van der Waals surface area contributed by atoms with E-state index in [1.165, 1.54) is 4.90 Å². The van der Waals surface area contributed by atoms with E-state index in [0.717, 1.165) is 17.7 Å². The van der Waals surface area contributed by atoms with Gasteiger partial charge in [-0.15, -0.1) is 0 Å². The van der Waals surface area contributed by atoms with Crippen molar-refractivity contribution in [3.05, 3.63) is 29.8 Å². The Morgan fingerprint density at radius 2 is 2.26 bits per heavy atom. The van der Waals surface area contributed by atoms with Crippen LogP contribution in [-0.4, -0.2) is 52.6 Å². The lowest BCUT2D eigenvalue weighted by atomic mass is 9.86. The van der Waals surface area contributed by atoms with Gasteiger partial charge in [-0.1, -0.05) is 12.1 Å². The van der Waals surface area contributed by atoms with Gasteiger partial charge in [-0.25, -0.2) is 0 Å². The lowest BCUT2D eigenvalue weighted by molar-refractivity contribution is -0.142. The van der Waals surface area contributed by atoms with Gasteiger partial charge < -0.3 is 9.84 Å². The van der Waals surface area contributed by atoms with Crippen LogP contribution < -0.4 is 4.74 Å². The van der Waals surface area contributed by atoms with Gasteiger partial charge in [0.25, 0.3) is 0 Å². The molecule has 2 amide bonds. The van der Waals surface area contributed by atoms with Crippen molar-refractivity contribution < 1.29 is 19.4 Å². The minimum absolute atomic E-state index is 0.00982. The molecule has 1 aromatic carbocycles. The Labute approximate surface area is 140 Å². The van der Waals surface area contributed by atoms with Crippen molar-refractivity contribution in [3.63, 3.8) is 0 Å². The van der Waals surface area contributed by atoms with Gasteiger partial charge in [0, 0.05) is 12.2 Å². The lowest BCUT2D eigenvalue weighted by Gasteiger charge is -2.22. The first-order valence-electron chi connectivity index (χ1n) is 7.80. The largest absolute Gasteiger partial charge is 0.491 e. The van der Waals surface area contributed by atoms with Gasteiger partial charge in [-0.3, -0.25) is 14.5 Å². The Morgan fingerprint density at radius 3 is 2.96 bits per heavy atom. The number of aliphatic hydroxyl groups is 1. The van der Waals surface area contributed by atoms with Gasteiger partial charge >= 0.3 is 0 Å². The van der Waals surface area contributed by atoms with Gasteiger partial charge in [0.15, 0.2) is 0 Å².